The van der Waals surface area contributed by atoms with Crippen LogP contribution in [0.3, 0.4) is 0 Å². The molecular formula is C18H25N3O3. The molecule has 6 nitrogen and oxygen atoms in total. The van der Waals surface area contributed by atoms with E-state index in [1.54, 1.807) is 24.3 Å². The third-order valence-corrected chi connectivity index (χ3v) is 4.85. The van der Waals surface area contributed by atoms with Gasteiger partial charge in [0.2, 0.25) is 5.91 Å². The smallest absolute Gasteiger partial charge is 0.254 e. The van der Waals surface area contributed by atoms with Crippen LogP contribution in [0.25, 0.3) is 0 Å². The molecule has 0 unspecified atom stereocenters. The number of ether oxygens (including phenoxy) is 1. The molecule has 24 heavy (non-hydrogen) atoms. The van der Waals surface area contributed by atoms with Crippen LogP contribution < -0.4 is 5.73 Å². The van der Waals surface area contributed by atoms with Gasteiger partial charge in [-0.15, -0.1) is 0 Å². The molecule has 0 radical (unpaired) electrons. The second-order valence-electron chi connectivity index (χ2n) is 6.51. The summed E-state index contributed by atoms with van der Waals surface area (Å²) < 4.78 is 5.40. The van der Waals surface area contributed by atoms with Gasteiger partial charge in [-0.1, -0.05) is 6.07 Å². The van der Waals surface area contributed by atoms with E-state index in [2.05, 4.69) is 4.90 Å². The number of hydrogen-bond acceptors (Lipinski definition) is 4. The number of nitrogens with two attached hydrogens (primary N) is 1. The van der Waals surface area contributed by atoms with Gasteiger partial charge < -0.3 is 15.4 Å². The van der Waals surface area contributed by atoms with Crippen molar-refractivity contribution in [3.05, 3.63) is 35.4 Å². The minimum Gasteiger partial charge on any atom is -0.379 e. The first-order chi connectivity index (χ1) is 11.6. The maximum Gasteiger partial charge on any atom is 0.254 e. The van der Waals surface area contributed by atoms with Gasteiger partial charge in [-0.25, -0.2) is 0 Å². The van der Waals surface area contributed by atoms with Crippen LogP contribution in [0.4, 0.5) is 0 Å². The lowest BCUT2D eigenvalue weighted by molar-refractivity contribution is 0.0166. The van der Waals surface area contributed by atoms with Crippen molar-refractivity contribution in [3.8, 4) is 0 Å². The van der Waals surface area contributed by atoms with E-state index in [0.717, 1.165) is 58.7 Å². The highest BCUT2D eigenvalue weighted by molar-refractivity contribution is 5.99. The van der Waals surface area contributed by atoms with E-state index in [1.807, 2.05) is 4.90 Å². The number of likely N-dealkylation sites (tertiary alicyclic amines) is 1. The summed E-state index contributed by atoms with van der Waals surface area (Å²) in [5.74, 6) is -0.510. The lowest BCUT2D eigenvalue weighted by atomic mass is 9.99. The zero-order chi connectivity index (χ0) is 16.9. The molecule has 130 valence electrons. The molecular weight excluding hydrogens is 306 g/mol. The molecule has 1 aromatic rings. The lowest BCUT2D eigenvalue weighted by Crippen LogP contribution is -2.51. The summed E-state index contributed by atoms with van der Waals surface area (Å²) in [6.45, 7) is 5.05. The Morgan fingerprint density at radius 1 is 1.12 bits per heavy atom. The Hall–Kier alpha value is -1.92. The van der Waals surface area contributed by atoms with Gasteiger partial charge in [0.15, 0.2) is 0 Å². The monoisotopic (exact) mass is 331 g/mol. The maximum absolute atomic E-state index is 13.0. The summed E-state index contributed by atoms with van der Waals surface area (Å²) in [7, 11) is 0. The van der Waals surface area contributed by atoms with E-state index in [0.29, 0.717) is 11.1 Å². The van der Waals surface area contributed by atoms with Crippen molar-refractivity contribution in [2.45, 2.75) is 25.3 Å². The number of benzene rings is 1. The predicted octanol–water partition coefficient (Wildman–Crippen LogP) is 1.11. The summed E-state index contributed by atoms with van der Waals surface area (Å²) in [5, 5.41) is 0. The molecule has 2 aliphatic heterocycles. The highest BCUT2D eigenvalue weighted by Gasteiger charge is 2.29. The molecule has 0 aromatic heterocycles. The molecule has 0 aliphatic carbocycles. The quantitative estimate of drug-likeness (QED) is 0.897. The van der Waals surface area contributed by atoms with Crippen molar-refractivity contribution >= 4 is 11.8 Å². The minimum atomic E-state index is -0.506. The number of carbonyl (C=O) groups is 2. The number of amides is 2. The van der Waals surface area contributed by atoms with E-state index in [4.69, 9.17) is 10.5 Å². The standard InChI is InChI=1S/C18H25N3O3/c19-17(22)14-4-3-5-15(12-14)18(23)21-7-2-1-6-16(21)13-20-8-10-24-11-9-20/h3-5,12,16H,1-2,6-11,13H2,(H2,19,22)/t16-/m1/s1. The molecule has 0 spiro atoms. The van der Waals surface area contributed by atoms with Crippen molar-refractivity contribution in [1.82, 2.24) is 9.80 Å². The summed E-state index contributed by atoms with van der Waals surface area (Å²) in [6, 6.07) is 6.94. The maximum atomic E-state index is 13.0. The van der Waals surface area contributed by atoms with Gasteiger partial charge in [0.25, 0.3) is 5.91 Å². The van der Waals surface area contributed by atoms with Gasteiger partial charge in [-0.3, -0.25) is 14.5 Å². The number of hydrogen-bond donors (Lipinski definition) is 1. The molecule has 2 N–H and O–H groups in total. The van der Waals surface area contributed by atoms with E-state index >= 15 is 0 Å². The van der Waals surface area contributed by atoms with Crippen molar-refractivity contribution in [2.24, 2.45) is 5.73 Å². The van der Waals surface area contributed by atoms with Crippen LogP contribution in [-0.4, -0.2) is 67.0 Å². The first-order valence-corrected chi connectivity index (χ1v) is 8.66. The van der Waals surface area contributed by atoms with Crippen LogP contribution in [0.15, 0.2) is 24.3 Å². The lowest BCUT2D eigenvalue weighted by Gasteiger charge is -2.39. The fraction of sp³-hybridized carbons (Fsp3) is 0.556. The van der Waals surface area contributed by atoms with Gasteiger partial charge in [-0.2, -0.15) is 0 Å². The predicted molar refractivity (Wildman–Crippen MR) is 90.9 cm³/mol. The molecule has 0 bridgehead atoms. The molecule has 2 saturated heterocycles. The Kier molecular flexibility index (Phi) is 5.48. The van der Waals surface area contributed by atoms with Gasteiger partial charge in [-0.05, 0) is 37.5 Å². The first kappa shape index (κ1) is 16.9. The van der Waals surface area contributed by atoms with E-state index < -0.39 is 5.91 Å². The summed E-state index contributed by atoms with van der Waals surface area (Å²) >= 11 is 0. The van der Waals surface area contributed by atoms with Crippen LogP contribution in [0.5, 0.6) is 0 Å². The van der Waals surface area contributed by atoms with Gasteiger partial charge >= 0.3 is 0 Å². The van der Waals surface area contributed by atoms with Crippen LogP contribution in [0, 0.1) is 0 Å². The molecule has 2 aliphatic rings. The van der Waals surface area contributed by atoms with Gasteiger partial charge in [0.05, 0.1) is 13.2 Å². The Morgan fingerprint density at radius 2 is 1.88 bits per heavy atom. The SMILES string of the molecule is NC(=O)c1cccc(C(=O)N2CCCC[C@@H]2CN2CCOCC2)c1. The first-order valence-electron chi connectivity index (χ1n) is 8.66. The Labute approximate surface area is 142 Å². The summed E-state index contributed by atoms with van der Waals surface area (Å²) in [5.41, 5.74) is 6.25. The van der Waals surface area contributed by atoms with E-state index in [9.17, 15) is 9.59 Å². The highest BCUT2D eigenvalue weighted by atomic mass is 16.5. The van der Waals surface area contributed by atoms with Crippen molar-refractivity contribution in [3.63, 3.8) is 0 Å². The molecule has 2 fully saturated rings. The largest absolute Gasteiger partial charge is 0.379 e. The molecule has 6 heteroatoms. The molecule has 2 amide bonds. The number of rotatable bonds is 4. The zero-order valence-electron chi connectivity index (χ0n) is 13.9. The van der Waals surface area contributed by atoms with Gasteiger partial charge in [0.1, 0.15) is 0 Å². The van der Waals surface area contributed by atoms with Crippen LogP contribution in [0.2, 0.25) is 0 Å². The molecule has 1 aromatic carbocycles. The fourth-order valence-electron chi connectivity index (χ4n) is 3.51. The fourth-order valence-corrected chi connectivity index (χ4v) is 3.51. The highest BCUT2D eigenvalue weighted by Crippen LogP contribution is 2.21. The Bertz CT molecular complexity index is 599. The summed E-state index contributed by atoms with van der Waals surface area (Å²) in [6.07, 6.45) is 3.21. The molecule has 1 atom stereocenters. The van der Waals surface area contributed by atoms with Crippen molar-refractivity contribution in [2.75, 3.05) is 39.4 Å². The van der Waals surface area contributed by atoms with Crippen LogP contribution in [0.1, 0.15) is 40.0 Å². The number of morpholine rings is 1. The molecule has 2 heterocycles. The number of carbonyl (C=O) groups excluding carboxylic acids is 2. The average molecular weight is 331 g/mol. The van der Waals surface area contributed by atoms with Crippen molar-refractivity contribution < 1.29 is 14.3 Å². The zero-order valence-corrected chi connectivity index (χ0v) is 13.9. The number of primary amides is 1. The number of nitrogens with zero attached hydrogens (tertiary/aromatic N) is 2. The minimum absolute atomic E-state index is 0.00365. The third-order valence-electron chi connectivity index (χ3n) is 4.85. The summed E-state index contributed by atoms with van der Waals surface area (Å²) in [4.78, 5) is 28.7. The average Bonchev–Trinajstić information content (AvgIpc) is 2.62. The van der Waals surface area contributed by atoms with Crippen LogP contribution >= 0.6 is 0 Å². The molecule has 3 rings (SSSR count). The normalized spacial score (nSPS) is 22.3. The topological polar surface area (TPSA) is 75.9 Å². The van der Waals surface area contributed by atoms with Crippen molar-refractivity contribution in [1.29, 1.82) is 0 Å². The van der Waals surface area contributed by atoms with Gasteiger partial charge in [0, 0.05) is 43.3 Å². The second-order valence-corrected chi connectivity index (χ2v) is 6.51. The van der Waals surface area contributed by atoms with E-state index in [-0.39, 0.29) is 11.9 Å². The van der Waals surface area contributed by atoms with E-state index in [1.165, 1.54) is 0 Å². The number of piperidine rings is 1. The van der Waals surface area contributed by atoms with Crippen LogP contribution in [-0.2, 0) is 4.74 Å². The molecule has 0 saturated carbocycles. The Balaban J connectivity index is 1.73. The third kappa shape index (κ3) is 3.94. The Morgan fingerprint density at radius 3 is 2.62 bits per heavy atom. The second kappa shape index (κ2) is 7.77.